The third kappa shape index (κ3) is 3.38. The average molecular weight is 272 g/mol. The van der Waals surface area contributed by atoms with E-state index in [1.165, 1.54) is 0 Å². The monoisotopic (exact) mass is 272 g/mol. The fourth-order valence-corrected chi connectivity index (χ4v) is 2.31. The number of ether oxygens (including phenoxy) is 1. The van der Waals surface area contributed by atoms with Crippen LogP contribution >= 0.6 is 11.8 Å². The molecule has 0 aliphatic carbocycles. The Morgan fingerprint density at radius 3 is 2.42 bits per heavy atom. The molecule has 0 aliphatic rings. The standard InChI is InChI=1S/C16H16O2S/c1-18-16-6-4-3-5-13(16)11-15(17)12-7-9-14(19-2)10-8-12/h3-10H,11H2,1-2H3. The summed E-state index contributed by atoms with van der Waals surface area (Å²) in [7, 11) is 1.62. The summed E-state index contributed by atoms with van der Waals surface area (Å²) in [6, 6.07) is 15.3. The molecule has 19 heavy (non-hydrogen) atoms. The highest BCUT2D eigenvalue weighted by Crippen LogP contribution is 2.20. The molecule has 0 spiro atoms. The number of carbonyl (C=O) groups excluding carboxylic acids is 1. The molecule has 0 amide bonds. The Morgan fingerprint density at radius 1 is 1.11 bits per heavy atom. The van der Waals surface area contributed by atoms with Gasteiger partial charge in [0.15, 0.2) is 5.78 Å². The number of carbonyl (C=O) groups is 1. The summed E-state index contributed by atoms with van der Waals surface area (Å²) in [6.45, 7) is 0. The first-order valence-electron chi connectivity index (χ1n) is 6.03. The highest BCUT2D eigenvalue weighted by atomic mass is 32.2. The highest BCUT2D eigenvalue weighted by Gasteiger charge is 2.10. The number of para-hydroxylation sites is 1. The van der Waals surface area contributed by atoms with Gasteiger partial charge in [0.25, 0.3) is 0 Å². The second-order valence-electron chi connectivity index (χ2n) is 4.14. The van der Waals surface area contributed by atoms with E-state index in [0.717, 1.165) is 21.8 Å². The fraction of sp³-hybridized carbons (Fsp3) is 0.188. The van der Waals surface area contributed by atoms with Crippen LogP contribution in [-0.4, -0.2) is 19.1 Å². The van der Waals surface area contributed by atoms with E-state index in [1.807, 2.05) is 54.8 Å². The number of Topliss-reactive ketones (excluding diaryl/α,β-unsaturated/α-hetero) is 1. The van der Waals surface area contributed by atoms with E-state index < -0.39 is 0 Å². The van der Waals surface area contributed by atoms with Gasteiger partial charge in [-0.25, -0.2) is 0 Å². The molecular weight excluding hydrogens is 256 g/mol. The van der Waals surface area contributed by atoms with Crippen LogP contribution < -0.4 is 4.74 Å². The second-order valence-corrected chi connectivity index (χ2v) is 5.02. The molecule has 2 aromatic rings. The van der Waals surface area contributed by atoms with Crippen molar-refractivity contribution < 1.29 is 9.53 Å². The molecule has 0 heterocycles. The normalized spacial score (nSPS) is 10.2. The van der Waals surface area contributed by atoms with Crippen molar-refractivity contribution >= 4 is 17.5 Å². The largest absolute Gasteiger partial charge is 0.496 e. The van der Waals surface area contributed by atoms with Crippen LogP contribution in [0.3, 0.4) is 0 Å². The molecular formula is C16H16O2S. The van der Waals surface area contributed by atoms with Gasteiger partial charge in [0.1, 0.15) is 5.75 Å². The van der Waals surface area contributed by atoms with Crippen molar-refractivity contribution in [2.45, 2.75) is 11.3 Å². The first-order chi connectivity index (χ1) is 9.24. The Hall–Kier alpha value is -1.74. The molecule has 0 bridgehead atoms. The van der Waals surface area contributed by atoms with E-state index in [0.29, 0.717) is 6.42 Å². The van der Waals surface area contributed by atoms with Crippen LogP contribution in [-0.2, 0) is 6.42 Å². The molecule has 0 saturated heterocycles. The Bertz CT molecular complexity index is 561. The molecule has 0 radical (unpaired) electrons. The Balaban J connectivity index is 2.16. The van der Waals surface area contributed by atoms with Gasteiger partial charge in [0, 0.05) is 22.4 Å². The van der Waals surface area contributed by atoms with Gasteiger partial charge in [0.05, 0.1) is 7.11 Å². The highest BCUT2D eigenvalue weighted by molar-refractivity contribution is 7.98. The van der Waals surface area contributed by atoms with Crippen LogP contribution in [0.5, 0.6) is 5.75 Å². The fourth-order valence-electron chi connectivity index (χ4n) is 1.90. The van der Waals surface area contributed by atoms with Crippen molar-refractivity contribution in [3.8, 4) is 5.75 Å². The maximum absolute atomic E-state index is 12.2. The zero-order valence-corrected chi connectivity index (χ0v) is 11.9. The molecule has 0 aromatic heterocycles. The van der Waals surface area contributed by atoms with Crippen molar-refractivity contribution in [3.05, 3.63) is 59.7 Å². The topological polar surface area (TPSA) is 26.3 Å². The lowest BCUT2D eigenvalue weighted by atomic mass is 10.0. The van der Waals surface area contributed by atoms with Gasteiger partial charge in [-0.2, -0.15) is 0 Å². The smallest absolute Gasteiger partial charge is 0.167 e. The quantitative estimate of drug-likeness (QED) is 0.611. The maximum Gasteiger partial charge on any atom is 0.167 e. The molecule has 0 atom stereocenters. The number of thioether (sulfide) groups is 1. The number of hydrogen-bond donors (Lipinski definition) is 0. The molecule has 0 N–H and O–H groups in total. The van der Waals surface area contributed by atoms with Crippen LogP contribution in [0.1, 0.15) is 15.9 Å². The summed E-state index contributed by atoms with van der Waals surface area (Å²) < 4.78 is 5.26. The summed E-state index contributed by atoms with van der Waals surface area (Å²) in [5, 5.41) is 0. The van der Waals surface area contributed by atoms with Crippen LogP contribution in [0, 0.1) is 0 Å². The van der Waals surface area contributed by atoms with Crippen molar-refractivity contribution in [2.75, 3.05) is 13.4 Å². The SMILES string of the molecule is COc1ccccc1CC(=O)c1ccc(SC)cc1. The minimum absolute atomic E-state index is 0.108. The van der Waals surface area contributed by atoms with Crippen molar-refractivity contribution in [2.24, 2.45) is 0 Å². The lowest BCUT2D eigenvalue weighted by Crippen LogP contribution is -2.04. The van der Waals surface area contributed by atoms with Gasteiger partial charge >= 0.3 is 0 Å². The van der Waals surface area contributed by atoms with E-state index in [4.69, 9.17) is 4.74 Å². The van der Waals surface area contributed by atoms with Crippen molar-refractivity contribution in [1.29, 1.82) is 0 Å². The number of benzene rings is 2. The van der Waals surface area contributed by atoms with Gasteiger partial charge < -0.3 is 4.74 Å². The zero-order valence-electron chi connectivity index (χ0n) is 11.1. The lowest BCUT2D eigenvalue weighted by Gasteiger charge is -2.07. The first-order valence-corrected chi connectivity index (χ1v) is 7.26. The molecule has 0 fully saturated rings. The lowest BCUT2D eigenvalue weighted by molar-refractivity contribution is 0.0992. The predicted molar refractivity (Wildman–Crippen MR) is 79.3 cm³/mol. The van der Waals surface area contributed by atoms with Gasteiger partial charge in [-0.05, 0) is 24.5 Å². The molecule has 0 unspecified atom stereocenters. The molecule has 2 rings (SSSR count). The summed E-state index contributed by atoms with van der Waals surface area (Å²) in [5.41, 5.74) is 1.66. The molecule has 2 nitrogen and oxygen atoms in total. The number of rotatable bonds is 5. The molecule has 0 saturated carbocycles. The zero-order chi connectivity index (χ0) is 13.7. The van der Waals surface area contributed by atoms with Crippen LogP contribution in [0.15, 0.2) is 53.4 Å². The van der Waals surface area contributed by atoms with Crippen LogP contribution in [0.25, 0.3) is 0 Å². The van der Waals surface area contributed by atoms with E-state index in [1.54, 1.807) is 18.9 Å². The second kappa shape index (κ2) is 6.43. The molecule has 3 heteroatoms. The van der Waals surface area contributed by atoms with E-state index in [-0.39, 0.29) is 5.78 Å². The van der Waals surface area contributed by atoms with Gasteiger partial charge in [-0.1, -0.05) is 30.3 Å². The summed E-state index contributed by atoms with van der Waals surface area (Å²) in [6.07, 6.45) is 2.38. The third-order valence-electron chi connectivity index (χ3n) is 2.96. The third-order valence-corrected chi connectivity index (χ3v) is 3.70. The van der Waals surface area contributed by atoms with Crippen LogP contribution in [0.4, 0.5) is 0 Å². The number of methoxy groups -OCH3 is 1. The van der Waals surface area contributed by atoms with E-state index in [2.05, 4.69) is 0 Å². The predicted octanol–water partition coefficient (Wildman–Crippen LogP) is 3.84. The first kappa shape index (κ1) is 13.7. The molecule has 2 aromatic carbocycles. The Kier molecular flexibility index (Phi) is 4.63. The summed E-state index contributed by atoms with van der Waals surface area (Å²) in [4.78, 5) is 13.4. The van der Waals surface area contributed by atoms with E-state index in [9.17, 15) is 4.79 Å². The Morgan fingerprint density at radius 2 is 1.79 bits per heavy atom. The van der Waals surface area contributed by atoms with Gasteiger partial charge in [-0.15, -0.1) is 11.8 Å². The Labute approximate surface area is 117 Å². The molecule has 98 valence electrons. The summed E-state index contributed by atoms with van der Waals surface area (Å²) in [5.74, 6) is 0.869. The van der Waals surface area contributed by atoms with Crippen molar-refractivity contribution in [3.63, 3.8) is 0 Å². The number of hydrogen-bond acceptors (Lipinski definition) is 3. The minimum Gasteiger partial charge on any atom is -0.496 e. The van der Waals surface area contributed by atoms with Gasteiger partial charge in [0.2, 0.25) is 0 Å². The average Bonchev–Trinajstić information content (AvgIpc) is 2.48. The van der Waals surface area contributed by atoms with Crippen LogP contribution in [0.2, 0.25) is 0 Å². The minimum atomic E-state index is 0.108. The van der Waals surface area contributed by atoms with E-state index >= 15 is 0 Å². The maximum atomic E-state index is 12.2. The van der Waals surface area contributed by atoms with Crippen molar-refractivity contribution in [1.82, 2.24) is 0 Å². The summed E-state index contributed by atoms with van der Waals surface area (Å²) >= 11 is 1.67. The number of ketones is 1. The van der Waals surface area contributed by atoms with Gasteiger partial charge in [-0.3, -0.25) is 4.79 Å². The molecule has 0 aliphatic heterocycles.